The number of carbonyl (C=O) groups excluding carboxylic acids is 2. The van der Waals surface area contributed by atoms with Gasteiger partial charge in [-0.3, -0.25) is 9.59 Å². The van der Waals surface area contributed by atoms with E-state index in [1.54, 1.807) is 25.1 Å². The molecular formula is C18H17N3O3. The number of hydrogen-bond acceptors (Lipinski definition) is 4. The highest BCUT2D eigenvalue weighted by molar-refractivity contribution is 6.09. The number of benzene rings is 1. The van der Waals surface area contributed by atoms with Crippen molar-refractivity contribution in [1.82, 2.24) is 10.3 Å². The molecule has 6 heteroatoms. The monoisotopic (exact) mass is 323 g/mol. The smallest absolute Gasteiger partial charge is 0.292 e. The van der Waals surface area contributed by atoms with Crippen molar-refractivity contribution < 1.29 is 14.0 Å². The Labute approximate surface area is 138 Å². The molecule has 0 aliphatic heterocycles. The molecule has 1 aromatic carbocycles. The van der Waals surface area contributed by atoms with Crippen LogP contribution in [0.5, 0.6) is 0 Å². The maximum Gasteiger partial charge on any atom is 0.292 e. The van der Waals surface area contributed by atoms with Crippen LogP contribution < -0.4 is 10.6 Å². The Bertz CT molecular complexity index is 915. The van der Waals surface area contributed by atoms with Crippen molar-refractivity contribution in [2.24, 2.45) is 0 Å². The number of hydrogen-bond donors (Lipinski definition) is 2. The number of amides is 2. The SMILES string of the molecule is CCNC(=O)c1cc(NC(=O)c2occc2C)nc2ccccc12. The first kappa shape index (κ1) is 15.7. The number of nitrogens with zero attached hydrogens (tertiary/aromatic N) is 1. The molecule has 3 rings (SSSR count). The summed E-state index contributed by atoms with van der Waals surface area (Å²) in [4.78, 5) is 29.0. The fourth-order valence-corrected chi connectivity index (χ4v) is 2.46. The van der Waals surface area contributed by atoms with Crippen LogP contribution in [0.2, 0.25) is 0 Å². The lowest BCUT2D eigenvalue weighted by Crippen LogP contribution is -2.23. The van der Waals surface area contributed by atoms with E-state index in [0.717, 1.165) is 10.9 Å². The minimum atomic E-state index is -0.401. The topological polar surface area (TPSA) is 84.2 Å². The summed E-state index contributed by atoms with van der Waals surface area (Å²) in [5.74, 6) is -0.0804. The Morgan fingerprint density at radius 1 is 1.17 bits per heavy atom. The highest BCUT2D eigenvalue weighted by Crippen LogP contribution is 2.21. The summed E-state index contributed by atoms with van der Waals surface area (Å²) in [6.45, 7) is 4.15. The van der Waals surface area contributed by atoms with E-state index in [9.17, 15) is 9.59 Å². The summed E-state index contributed by atoms with van der Waals surface area (Å²) in [5.41, 5.74) is 1.83. The highest BCUT2D eigenvalue weighted by atomic mass is 16.3. The number of rotatable bonds is 4. The molecule has 2 amide bonds. The van der Waals surface area contributed by atoms with Gasteiger partial charge in [0.2, 0.25) is 0 Å². The van der Waals surface area contributed by atoms with Crippen LogP contribution in [0.3, 0.4) is 0 Å². The highest BCUT2D eigenvalue weighted by Gasteiger charge is 2.16. The first-order chi connectivity index (χ1) is 11.6. The minimum absolute atomic E-state index is 0.208. The van der Waals surface area contributed by atoms with E-state index in [0.29, 0.717) is 23.4 Å². The van der Waals surface area contributed by atoms with E-state index < -0.39 is 5.91 Å². The molecule has 6 nitrogen and oxygen atoms in total. The molecule has 0 bridgehead atoms. The third kappa shape index (κ3) is 2.99. The van der Waals surface area contributed by atoms with Crippen molar-refractivity contribution in [3.8, 4) is 0 Å². The molecule has 0 atom stereocenters. The summed E-state index contributed by atoms with van der Waals surface area (Å²) >= 11 is 0. The van der Waals surface area contributed by atoms with E-state index in [4.69, 9.17) is 4.42 Å². The van der Waals surface area contributed by atoms with Gasteiger partial charge in [-0.25, -0.2) is 4.98 Å². The standard InChI is InChI=1S/C18H17N3O3/c1-3-19-17(22)13-10-15(20-14-7-5-4-6-12(13)14)21-18(23)16-11(2)8-9-24-16/h4-10H,3H2,1-2H3,(H,19,22)(H,20,21,23). The quantitative estimate of drug-likeness (QED) is 0.772. The van der Waals surface area contributed by atoms with Crippen LogP contribution in [0.4, 0.5) is 5.82 Å². The molecule has 0 fully saturated rings. The first-order valence-corrected chi connectivity index (χ1v) is 7.63. The zero-order valence-corrected chi connectivity index (χ0v) is 13.4. The van der Waals surface area contributed by atoms with Crippen LogP contribution >= 0.6 is 0 Å². The van der Waals surface area contributed by atoms with Crippen molar-refractivity contribution in [1.29, 1.82) is 0 Å². The number of aromatic nitrogens is 1. The molecule has 2 aromatic heterocycles. The van der Waals surface area contributed by atoms with Gasteiger partial charge in [-0.15, -0.1) is 0 Å². The van der Waals surface area contributed by atoms with Gasteiger partial charge in [0, 0.05) is 17.5 Å². The van der Waals surface area contributed by atoms with Gasteiger partial charge < -0.3 is 15.1 Å². The Kier molecular flexibility index (Phi) is 4.29. The third-order valence-electron chi connectivity index (χ3n) is 3.61. The maximum atomic E-state index is 12.3. The van der Waals surface area contributed by atoms with E-state index >= 15 is 0 Å². The van der Waals surface area contributed by atoms with Crippen LogP contribution in [0.1, 0.15) is 33.4 Å². The van der Waals surface area contributed by atoms with Gasteiger partial charge in [-0.2, -0.15) is 0 Å². The second-order valence-corrected chi connectivity index (χ2v) is 5.32. The zero-order chi connectivity index (χ0) is 17.1. The number of aryl methyl sites for hydroxylation is 1. The summed E-state index contributed by atoms with van der Waals surface area (Å²) < 4.78 is 5.18. The molecule has 0 radical (unpaired) electrons. The van der Waals surface area contributed by atoms with Crippen LogP contribution in [0.25, 0.3) is 10.9 Å². The maximum absolute atomic E-state index is 12.3. The average Bonchev–Trinajstić information content (AvgIpc) is 3.00. The molecular weight excluding hydrogens is 306 g/mol. The van der Waals surface area contributed by atoms with Gasteiger partial charge in [-0.1, -0.05) is 18.2 Å². The lowest BCUT2D eigenvalue weighted by Gasteiger charge is -2.10. The van der Waals surface area contributed by atoms with Crippen molar-refractivity contribution in [2.75, 3.05) is 11.9 Å². The van der Waals surface area contributed by atoms with Gasteiger partial charge in [-0.05, 0) is 32.0 Å². The van der Waals surface area contributed by atoms with Gasteiger partial charge in [0.15, 0.2) is 5.76 Å². The molecule has 0 spiro atoms. The lowest BCUT2D eigenvalue weighted by atomic mass is 10.1. The summed E-state index contributed by atoms with van der Waals surface area (Å²) in [6.07, 6.45) is 1.46. The Hall–Kier alpha value is -3.15. The Morgan fingerprint density at radius 3 is 2.67 bits per heavy atom. The zero-order valence-electron chi connectivity index (χ0n) is 13.4. The van der Waals surface area contributed by atoms with Gasteiger partial charge in [0.05, 0.1) is 17.3 Å². The van der Waals surface area contributed by atoms with E-state index in [1.807, 2.05) is 25.1 Å². The van der Waals surface area contributed by atoms with Crippen LogP contribution in [-0.2, 0) is 0 Å². The molecule has 2 heterocycles. The number of pyridine rings is 1. The Balaban J connectivity index is 2.01. The fraction of sp³-hybridized carbons (Fsp3) is 0.167. The van der Waals surface area contributed by atoms with Crippen molar-refractivity contribution in [3.63, 3.8) is 0 Å². The second kappa shape index (κ2) is 6.54. The van der Waals surface area contributed by atoms with Gasteiger partial charge in [0.25, 0.3) is 11.8 Å². The summed E-state index contributed by atoms with van der Waals surface area (Å²) in [5, 5.41) is 6.20. The molecule has 0 aliphatic rings. The summed E-state index contributed by atoms with van der Waals surface area (Å²) in [6, 6.07) is 10.6. The van der Waals surface area contributed by atoms with Crippen LogP contribution in [-0.4, -0.2) is 23.3 Å². The predicted molar refractivity (Wildman–Crippen MR) is 91.1 cm³/mol. The normalized spacial score (nSPS) is 10.6. The molecule has 24 heavy (non-hydrogen) atoms. The van der Waals surface area contributed by atoms with E-state index in [-0.39, 0.29) is 11.7 Å². The van der Waals surface area contributed by atoms with Crippen LogP contribution in [0.15, 0.2) is 47.1 Å². The molecule has 122 valence electrons. The van der Waals surface area contributed by atoms with E-state index in [1.165, 1.54) is 6.26 Å². The first-order valence-electron chi connectivity index (χ1n) is 7.63. The van der Waals surface area contributed by atoms with Gasteiger partial charge >= 0.3 is 0 Å². The molecule has 0 saturated heterocycles. The molecule has 0 unspecified atom stereocenters. The number of carbonyl (C=O) groups is 2. The molecule has 2 N–H and O–H groups in total. The van der Waals surface area contributed by atoms with Gasteiger partial charge in [0.1, 0.15) is 5.82 Å². The number of fused-ring (bicyclic) bond motifs is 1. The molecule has 0 saturated carbocycles. The van der Waals surface area contributed by atoms with Crippen LogP contribution in [0, 0.1) is 6.92 Å². The number of nitrogens with one attached hydrogen (secondary N) is 2. The third-order valence-corrected chi connectivity index (χ3v) is 3.61. The Morgan fingerprint density at radius 2 is 1.96 bits per heavy atom. The number of furan rings is 1. The van der Waals surface area contributed by atoms with Crippen molar-refractivity contribution in [3.05, 3.63) is 59.5 Å². The lowest BCUT2D eigenvalue weighted by molar-refractivity contribution is 0.0955. The fourth-order valence-electron chi connectivity index (χ4n) is 2.46. The largest absolute Gasteiger partial charge is 0.459 e. The predicted octanol–water partition coefficient (Wildman–Crippen LogP) is 3.14. The van der Waals surface area contributed by atoms with E-state index in [2.05, 4.69) is 15.6 Å². The minimum Gasteiger partial charge on any atom is -0.459 e. The number of para-hydroxylation sites is 1. The molecule has 3 aromatic rings. The number of anilines is 1. The van der Waals surface area contributed by atoms with Crippen molar-refractivity contribution in [2.45, 2.75) is 13.8 Å². The molecule has 0 aliphatic carbocycles. The second-order valence-electron chi connectivity index (χ2n) is 5.32. The van der Waals surface area contributed by atoms with Crippen molar-refractivity contribution >= 4 is 28.5 Å². The average molecular weight is 323 g/mol. The summed E-state index contributed by atoms with van der Waals surface area (Å²) in [7, 11) is 0.